The highest BCUT2D eigenvalue weighted by Gasteiger charge is 2.28. The van der Waals surface area contributed by atoms with Crippen LogP contribution in [-0.2, 0) is 9.47 Å². The van der Waals surface area contributed by atoms with Crippen LogP contribution >= 0.6 is 0 Å². The third-order valence-corrected chi connectivity index (χ3v) is 1.86. The van der Waals surface area contributed by atoms with Gasteiger partial charge >= 0.3 is 6.09 Å². The minimum atomic E-state index is -0.465. The Labute approximate surface area is 84.1 Å². The van der Waals surface area contributed by atoms with Gasteiger partial charge in [0.2, 0.25) is 0 Å². The molecule has 0 aromatic heterocycles. The number of rotatable bonds is 2. The third-order valence-electron chi connectivity index (χ3n) is 1.86. The molecule has 14 heavy (non-hydrogen) atoms. The van der Waals surface area contributed by atoms with E-state index in [0.29, 0.717) is 6.61 Å². The summed E-state index contributed by atoms with van der Waals surface area (Å²) < 4.78 is 10.2. The molecule has 5 nitrogen and oxygen atoms in total. The summed E-state index contributed by atoms with van der Waals surface area (Å²) in [6.07, 6.45) is -0.318. The molecule has 0 spiro atoms. The summed E-state index contributed by atoms with van der Waals surface area (Å²) in [5, 5.41) is 0. The molecule has 0 bridgehead atoms. The van der Waals surface area contributed by atoms with E-state index >= 15 is 0 Å². The summed E-state index contributed by atoms with van der Waals surface area (Å²) in [4.78, 5) is 11.2. The predicted molar refractivity (Wildman–Crippen MR) is 51.7 cm³/mol. The Balaban J connectivity index is 2.15. The first-order valence-corrected chi connectivity index (χ1v) is 4.74. The second-order valence-electron chi connectivity index (χ2n) is 4.42. The van der Waals surface area contributed by atoms with Crippen molar-refractivity contribution in [3.8, 4) is 0 Å². The first-order chi connectivity index (χ1) is 6.38. The van der Waals surface area contributed by atoms with Crippen molar-refractivity contribution in [2.24, 2.45) is 0 Å². The maximum absolute atomic E-state index is 11.2. The number of hydrazine groups is 1. The van der Waals surface area contributed by atoms with E-state index in [1.165, 1.54) is 0 Å². The summed E-state index contributed by atoms with van der Waals surface area (Å²) in [5.74, 6) is 0. The molecule has 2 unspecified atom stereocenters. The molecule has 0 aromatic rings. The molecule has 1 heterocycles. The lowest BCUT2D eigenvalue weighted by Gasteiger charge is -2.34. The first-order valence-electron chi connectivity index (χ1n) is 4.74. The molecule has 1 fully saturated rings. The quantitative estimate of drug-likeness (QED) is 0.650. The van der Waals surface area contributed by atoms with Crippen LogP contribution in [0.2, 0.25) is 0 Å². The summed E-state index contributed by atoms with van der Waals surface area (Å²) in [6.45, 7) is 8.03. The van der Waals surface area contributed by atoms with Crippen LogP contribution in [0.25, 0.3) is 0 Å². The lowest BCUT2D eigenvalue weighted by atomic mass is 10.1. The number of carbonyl (C=O) groups excluding carboxylic acids is 1. The fourth-order valence-electron chi connectivity index (χ4n) is 0.999. The second-order valence-corrected chi connectivity index (χ2v) is 4.42. The zero-order chi connectivity index (χ0) is 10.8. The molecule has 0 saturated carbocycles. The highest BCUT2D eigenvalue weighted by Crippen LogP contribution is 2.10. The van der Waals surface area contributed by atoms with E-state index in [0.717, 1.165) is 0 Å². The molecule has 0 radical (unpaired) electrons. The van der Waals surface area contributed by atoms with Crippen LogP contribution in [0, 0.1) is 0 Å². The molecular formula is C9H18N2O3. The van der Waals surface area contributed by atoms with E-state index in [4.69, 9.17) is 9.47 Å². The van der Waals surface area contributed by atoms with Crippen LogP contribution in [0.15, 0.2) is 0 Å². The van der Waals surface area contributed by atoms with Gasteiger partial charge in [-0.15, -0.1) is 0 Å². The van der Waals surface area contributed by atoms with Gasteiger partial charge in [0.15, 0.2) is 0 Å². The first kappa shape index (κ1) is 11.3. The van der Waals surface area contributed by atoms with E-state index < -0.39 is 11.7 Å². The van der Waals surface area contributed by atoms with Crippen molar-refractivity contribution in [2.45, 2.75) is 45.4 Å². The number of ether oxygens (including phenoxy) is 2. The molecule has 2 N–H and O–H groups in total. The Morgan fingerprint density at radius 2 is 2.14 bits per heavy atom. The Morgan fingerprint density at radius 1 is 1.50 bits per heavy atom. The van der Waals surface area contributed by atoms with E-state index in [1.54, 1.807) is 0 Å². The molecule has 1 rings (SSSR count). The maximum Gasteiger partial charge on any atom is 0.422 e. The summed E-state index contributed by atoms with van der Waals surface area (Å²) in [6, 6.07) is 0.183. The topological polar surface area (TPSA) is 59.6 Å². The smallest absolute Gasteiger partial charge is 0.422 e. The van der Waals surface area contributed by atoms with Crippen molar-refractivity contribution in [1.29, 1.82) is 0 Å². The molecule has 1 amide bonds. The highest BCUT2D eigenvalue weighted by molar-refractivity contribution is 5.67. The fourth-order valence-corrected chi connectivity index (χ4v) is 0.999. The minimum absolute atomic E-state index is 0.143. The van der Waals surface area contributed by atoms with Gasteiger partial charge in [0.1, 0.15) is 5.60 Å². The lowest BCUT2D eigenvalue weighted by molar-refractivity contribution is -0.0801. The molecule has 1 saturated heterocycles. The van der Waals surface area contributed by atoms with Crippen LogP contribution in [-0.4, -0.2) is 30.4 Å². The van der Waals surface area contributed by atoms with Crippen LogP contribution < -0.4 is 10.9 Å². The van der Waals surface area contributed by atoms with Gasteiger partial charge in [0.05, 0.1) is 18.8 Å². The van der Waals surface area contributed by atoms with Crippen molar-refractivity contribution in [1.82, 2.24) is 10.9 Å². The van der Waals surface area contributed by atoms with Crippen LogP contribution in [0.4, 0.5) is 4.79 Å². The summed E-state index contributed by atoms with van der Waals surface area (Å²) >= 11 is 0. The molecule has 1 aliphatic rings. The highest BCUT2D eigenvalue weighted by atomic mass is 16.6. The van der Waals surface area contributed by atoms with Crippen molar-refractivity contribution >= 4 is 6.09 Å². The van der Waals surface area contributed by atoms with Crippen LogP contribution in [0.5, 0.6) is 0 Å². The van der Waals surface area contributed by atoms with Gasteiger partial charge in [0, 0.05) is 0 Å². The van der Waals surface area contributed by atoms with Gasteiger partial charge in [-0.1, -0.05) is 0 Å². The van der Waals surface area contributed by atoms with Gasteiger partial charge in [-0.2, -0.15) is 0 Å². The van der Waals surface area contributed by atoms with E-state index in [1.807, 2.05) is 27.7 Å². The molecule has 0 aromatic carbocycles. The van der Waals surface area contributed by atoms with E-state index in [9.17, 15) is 4.79 Å². The summed E-state index contributed by atoms with van der Waals surface area (Å²) in [7, 11) is 0. The average molecular weight is 202 g/mol. The van der Waals surface area contributed by atoms with Gasteiger partial charge < -0.3 is 9.47 Å². The van der Waals surface area contributed by atoms with Gasteiger partial charge in [-0.05, 0) is 27.7 Å². The predicted octanol–water partition coefficient (Wildman–Crippen LogP) is 0.803. The molecule has 5 heteroatoms. The minimum Gasteiger partial charge on any atom is -0.443 e. The number of nitrogens with one attached hydrogen (secondary N) is 2. The Bertz CT molecular complexity index is 213. The number of carbonyl (C=O) groups is 1. The zero-order valence-electron chi connectivity index (χ0n) is 9.09. The maximum atomic E-state index is 11.2. The number of amides is 1. The van der Waals surface area contributed by atoms with E-state index in [-0.39, 0.29) is 12.1 Å². The van der Waals surface area contributed by atoms with Gasteiger partial charge in [-0.3, -0.25) is 5.43 Å². The van der Waals surface area contributed by atoms with Crippen molar-refractivity contribution in [3.63, 3.8) is 0 Å². The Morgan fingerprint density at radius 3 is 2.50 bits per heavy atom. The van der Waals surface area contributed by atoms with Crippen molar-refractivity contribution in [2.75, 3.05) is 6.61 Å². The van der Waals surface area contributed by atoms with Gasteiger partial charge in [0.25, 0.3) is 0 Å². The lowest BCUT2D eigenvalue weighted by Crippen LogP contribution is -2.58. The monoisotopic (exact) mass is 202 g/mol. The molecule has 0 aliphatic carbocycles. The van der Waals surface area contributed by atoms with Crippen molar-refractivity contribution in [3.05, 3.63) is 0 Å². The van der Waals surface area contributed by atoms with Gasteiger partial charge in [-0.25, -0.2) is 10.2 Å². The SMILES string of the molecule is CC1OCC1NNC(=O)OC(C)(C)C. The number of hydrogen-bond acceptors (Lipinski definition) is 4. The molecular weight excluding hydrogens is 184 g/mol. The summed E-state index contributed by atoms with van der Waals surface area (Å²) in [5.41, 5.74) is 4.86. The average Bonchev–Trinajstić information content (AvgIpc) is 1.98. The Hall–Kier alpha value is -0.810. The Kier molecular flexibility index (Phi) is 3.34. The fraction of sp³-hybridized carbons (Fsp3) is 0.889. The standard InChI is InChI=1S/C9H18N2O3/c1-6-7(5-13-6)10-11-8(12)14-9(2,3)4/h6-7,10H,5H2,1-4H3,(H,11,12). The molecule has 82 valence electrons. The molecule has 2 atom stereocenters. The zero-order valence-corrected chi connectivity index (χ0v) is 9.09. The number of hydrogen-bond donors (Lipinski definition) is 2. The van der Waals surface area contributed by atoms with Crippen molar-refractivity contribution < 1.29 is 14.3 Å². The largest absolute Gasteiger partial charge is 0.443 e. The van der Waals surface area contributed by atoms with Crippen LogP contribution in [0.1, 0.15) is 27.7 Å². The molecule has 1 aliphatic heterocycles. The second kappa shape index (κ2) is 4.14. The normalized spacial score (nSPS) is 26.6. The third kappa shape index (κ3) is 3.51. The van der Waals surface area contributed by atoms with Crippen LogP contribution in [0.3, 0.4) is 0 Å². The van der Waals surface area contributed by atoms with E-state index in [2.05, 4.69) is 10.9 Å².